The van der Waals surface area contributed by atoms with Crippen LogP contribution in [0.3, 0.4) is 0 Å². The summed E-state index contributed by atoms with van der Waals surface area (Å²) in [6.07, 6.45) is 0.394. The van der Waals surface area contributed by atoms with E-state index in [-0.39, 0.29) is 12.1 Å². The van der Waals surface area contributed by atoms with Crippen LogP contribution in [-0.2, 0) is 17.7 Å². The van der Waals surface area contributed by atoms with Crippen LogP contribution in [0.1, 0.15) is 43.5 Å². The van der Waals surface area contributed by atoms with E-state index in [4.69, 9.17) is 4.74 Å². The molecule has 0 unspecified atom stereocenters. The summed E-state index contributed by atoms with van der Waals surface area (Å²) in [7, 11) is 0. The lowest BCUT2D eigenvalue weighted by Gasteiger charge is -2.26. The number of nitrogens with zero attached hydrogens (tertiary/aromatic N) is 2. The van der Waals surface area contributed by atoms with Gasteiger partial charge in [-0.2, -0.15) is 0 Å². The lowest BCUT2D eigenvalue weighted by molar-refractivity contribution is 0.0295. The highest BCUT2D eigenvalue weighted by atomic mass is 16.6. The van der Waals surface area contributed by atoms with E-state index in [2.05, 4.69) is 17.4 Å². The van der Waals surface area contributed by atoms with Crippen molar-refractivity contribution in [1.29, 1.82) is 0 Å². The van der Waals surface area contributed by atoms with Gasteiger partial charge in [0.25, 0.3) is 0 Å². The van der Waals surface area contributed by atoms with Gasteiger partial charge in [0, 0.05) is 25.3 Å². The minimum Gasteiger partial charge on any atom is -0.443 e. The van der Waals surface area contributed by atoms with Crippen molar-refractivity contribution in [2.75, 3.05) is 18.4 Å². The zero-order valence-corrected chi connectivity index (χ0v) is 17.1. The van der Waals surface area contributed by atoms with Crippen molar-refractivity contribution in [2.45, 2.75) is 45.4 Å². The first-order chi connectivity index (χ1) is 13.8. The van der Waals surface area contributed by atoms with E-state index < -0.39 is 11.7 Å². The van der Waals surface area contributed by atoms with Gasteiger partial charge >= 0.3 is 12.1 Å². The van der Waals surface area contributed by atoms with E-state index in [1.54, 1.807) is 25.7 Å². The molecule has 1 atom stereocenters. The van der Waals surface area contributed by atoms with Gasteiger partial charge in [0.05, 0.1) is 6.04 Å². The van der Waals surface area contributed by atoms with Gasteiger partial charge in [-0.25, -0.2) is 14.5 Å². The monoisotopic (exact) mass is 393 g/mol. The van der Waals surface area contributed by atoms with Crippen LogP contribution in [0.15, 0.2) is 48.5 Å². The van der Waals surface area contributed by atoms with Crippen LogP contribution in [-0.4, -0.2) is 40.6 Å². The number of anilines is 1. The van der Waals surface area contributed by atoms with E-state index in [1.165, 1.54) is 16.2 Å². The number of hydrogen-bond acceptors (Lipinski definition) is 4. The number of nitrogens with one attached hydrogen (secondary N) is 1. The average Bonchev–Trinajstić information content (AvgIpc) is 3.25. The number of ether oxygens (including phenoxy) is 1. The Balaban J connectivity index is 1.59. The Kier molecular flexibility index (Phi) is 4.94. The molecule has 2 aromatic rings. The fourth-order valence-corrected chi connectivity index (χ4v) is 3.91. The summed E-state index contributed by atoms with van der Waals surface area (Å²) in [4.78, 5) is 29.0. The third-order valence-corrected chi connectivity index (χ3v) is 5.21. The first-order valence-corrected chi connectivity index (χ1v) is 10.0. The van der Waals surface area contributed by atoms with Crippen LogP contribution in [0.2, 0.25) is 0 Å². The summed E-state index contributed by atoms with van der Waals surface area (Å²) in [5.41, 5.74) is 3.77. The predicted octanol–water partition coefficient (Wildman–Crippen LogP) is 4.57. The topological polar surface area (TPSA) is 61.9 Å². The molecule has 1 saturated heterocycles. The van der Waals surface area contributed by atoms with E-state index in [9.17, 15) is 9.59 Å². The van der Waals surface area contributed by atoms with Crippen LogP contribution >= 0.6 is 0 Å². The molecule has 0 saturated carbocycles. The van der Waals surface area contributed by atoms with E-state index >= 15 is 0 Å². The molecule has 2 aliphatic rings. The van der Waals surface area contributed by atoms with Crippen molar-refractivity contribution in [3.05, 3.63) is 65.2 Å². The minimum absolute atomic E-state index is 0.313. The molecule has 0 aromatic heterocycles. The molecule has 0 spiro atoms. The maximum Gasteiger partial charge on any atom is 0.419 e. The summed E-state index contributed by atoms with van der Waals surface area (Å²) in [5, 5.41) is 3.35. The van der Waals surface area contributed by atoms with Crippen molar-refractivity contribution in [3.8, 4) is 0 Å². The number of carbonyl (C=O) groups is 2. The van der Waals surface area contributed by atoms with Gasteiger partial charge in [0.1, 0.15) is 5.60 Å². The fourth-order valence-electron chi connectivity index (χ4n) is 3.91. The number of imide groups is 1. The van der Waals surface area contributed by atoms with Gasteiger partial charge in [0.2, 0.25) is 0 Å². The van der Waals surface area contributed by atoms with Crippen LogP contribution < -0.4 is 5.32 Å². The molecule has 1 fully saturated rings. The second-order valence-electron chi connectivity index (χ2n) is 8.61. The first kappa shape index (κ1) is 19.3. The largest absolute Gasteiger partial charge is 0.443 e. The van der Waals surface area contributed by atoms with Gasteiger partial charge in [-0.3, -0.25) is 0 Å². The number of rotatable bonds is 3. The molecular weight excluding hydrogens is 366 g/mol. The zero-order valence-electron chi connectivity index (χ0n) is 17.1. The molecule has 3 amide bonds. The predicted molar refractivity (Wildman–Crippen MR) is 112 cm³/mol. The lowest BCUT2D eigenvalue weighted by Crippen LogP contribution is -2.40. The van der Waals surface area contributed by atoms with Crippen molar-refractivity contribution in [3.63, 3.8) is 0 Å². The number of benzene rings is 2. The summed E-state index contributed by atoms with van der Waals surface area (Å²) in [6.45, 7) is 7.27. The normalized spacial score (nSPS) is 18.6. The van der Waals surface area contributed by atoms with E-state index in [1.807, 2.05) is 36.4 Å². The molecule has 6 heteroatoms. The van der Waals surface area contributed by atoms with E-state index in [0.717, 1.165) is 24.1 Å². The van der Waals surface area contributed by atoms with Crippen molar-refractivity contribution < 1.29 is 14.3 Å². The number of fused-ring (bicyclic) bond motifs is 1. The van der Waals surface area contributed by atoms with E-state index in [0.29, 0.717) is 13.1 Å². The van der Waals surface area contributed by atoms with Crippen LogP contribution in [0.25, 0.3) is 0 Å². The number of carbonyl (C=O) groups excluding carboxylic acids is 2. The standard InChI is InChI=1S/C23H27N3O3/c1-23(2,3)29-22(28)26-20(17-7-5-4-6-8-17)15-25(21(26)27)14-16-9-10-19-18(13-16)11-12-24-19/h4-10,13,20,24H,11-12,14-15H2,1-3H3/t20-/m1/s1. The zero-order chi connectivity index (χ0) is 20.6. The Labute approximate surface area is 171 Å². The van der Waals surface area contributed by atoms with Crippen LogP contribution in [0.5, 0.6) is 0 Å². The van der Waals surface area contributed by atoms with Gasteiger partial charge in [-0.15, -0.1) is 0 Å². The van der Waals surface area contributed by atoms with Crippen molar-refractivity contribution in [1.82, 2.24) is 9.80 Å². The third-order valence-electron chi connectivity index (χ3n) is 5.21. The number of amides is 3. The van der Waals surface area contributed by atoms with Gasteiger partial charge in [-0.05, 0) is 49.9 Å². The maximum atomic E-state index is 13.2. The molecule has 0 bridgehead atoms. The highest BCUT2D eigenvalue weighted by Crippen LogP contribution is 2.33. The summed E-state index contributed by atoms with van der Waals surface area (Å²) >= 11 is 0. The second kappa shape index (κ2) is 7.43. The Morgan fingerprint density at radius 3 is 2.66 bits per heavy atom. The van der Waals surface area contributed by atoms with Crippen LogP contribution in [0, 0.1) is 0 Å². The lowest BCUT2D eigenvalue weighted by atomic mass is 10.1. The fraction of sp³-hybridized carbons (Fsp3) is 0.391. The Morgan fingerprint density at radius 2 is 1.93 bits per heavy atom. The minimum atomic E-state index is -0.668. The molecule has 0 radical (unpaired) electrons. The first-order valence-electron chi connectivity index (χ1n) is 10.0. The third kappa shape index (κ3) is 4.06. The number of hydrogen-bond donors (Lipinski definition) is 1. The Bertz CT molecular complexity index is 921. The molecule has 1 N–H and O–H groups in total. The molecule has 2 aromatic carbocycles. The van der Waals surface area contributed by atoms with Crippen molar-refractivity contribution in [2.24, 2.45) is 0 Å². The molecule has 6 nitrogen and oxygen atoms in total. The highest BCUT2D eigenvalue weighted by molar-refractivity contribution is 5.93. The summed E-state index contributed by atoms with van der Waals surface area (Å²) in [6, 6.07) is 15.2. The quantitative estimate of drug-likeness (QED) is 0.830. The summed E-state index contributed by atoms with van der Waals surface area (Å²) < 4.78 is 5.53. The molecule has 4 rings (SSSR count). The Morgan fingerprint density at radius 1 is 1.17 bits per heavy atom. The molecular formula is C23H27N3O3. The molecule has 29 heavy (non-hydrogen) atoms. The van der Waals surface area contributed by atoms with Crippen LogP contribution in [0.4, 0.5) is 15.3 Å². The summed E-state index contributed by atoms with van der Waals surface area (Å²) in [5.74, 6) is 0. The highest BCUT2D eigenvalue weighted by Gasteiger charge is 2.44. The molecule has 2 heterocycles. The Hall–Kier alpha value is -3.02. The molecule has 0 aliphatic carbocycles. The SMILES string of the molecule is CC(C)(C)OC(=O)N1C(=O)N(Cc2ccc3c(c2)CCN3)C[C@@H]1c1ccccc1. The van der Waals surface area contributed by atoms with Gasteiger partial charge < -0.3 is 15.0 Å². The molecule has 152 valence electrons. The smallest absolute Gasteiger partial charge is 0.419 e. The molecule has 2 aliphatic heterocycles. The average molecular weight is 393 g/mol. The second-order valence-corrected chi connectivity index (χ2v) is 8.61. The number of urea groups is 1. The maximum absolute atomic E-state index is 13.2. The van der Waals surface area contributed by atoms with Gasteiger partial charge in [-0.1, -0.05) is 42.5 Å². The van der Waals surface area contributed by atoms with Gasteiger partial charge in [0.15, 0.2) is 0 Å². The van der Waals surface area contributed by atoms with Crippen molar-refractivity contribution >= 4 is 17.8 Å².